The predicted molar refractivity (Wildman–Crippen MR) is 106 cm³/mol. The second kappa shape index (κ2) is 13.3. The van der Waals surface area contributed by atoms with Crippen molar-refractivity contribution in [3.8, 4) is 0 Å². The summed E-state index contributed by atoms with van der Waals surface area (Å²) in [6, 6.07) is 0. The minimum absolute atomic E-state index is 0.150. The summed E-state index contributed by atoms with van der Waals surface area (Å²) < 4.78 is 5.88. The summed E-state index contributed by atoms with van der Waals surface area (Å²) in [5.74, 6) is 0. The highest BCUT2D eigenvalue weighted by atomic mass is 28.2. The van der Waals surface area contributed by atoms with Gasteiger partial charge in [-0.1, -0.05) is 84.4 Å². The molecule has 0 aromatic heterocycles. The molecule has 0 aliphatic rings. The maximum Gasteiger partial charge on any atom is 0.227 e. The molecule has 0 saturated carbocycles. The number of rotatable bonds is 15. The fourth-order valence-corrected chi connectivity index (χ4v) is 2.99. The minimum Gasteiger partial charge on any atom is -0.407 e. The van der Waals surface area contributed by atoms with Crippen LogP contribution in [0.2, 0.25) is 6.55 Å². The summed E-state index contributed by atoms with van der Waals surface area (Å²) in [7, 11) is 0.397. The fraction of sp³-hybridized carbons (Fsp3) is 0.524. The summed E-state index contributed by atoms with van der Waals surface area (Å²) >= 11 is 0. The lowest BCUT2D eigenvalue weighted by atomic mass is 9.91. The monoisotopic (exact) mass is 330 g/mol. The van der Waals surface area contributed by atoms with E-state index in [0.29, 0.717) is 9.76 Å². The highest BCUT2D eigenvalue weighted by Gasteiger charge is 2.19. The lowest BCUT2D eigenvalue weighted by molar-refractivity contribution is 0.287. The number of allylic oxidation sites excluding steroid dienone is 2. The average molecular weight is 331 g/mol. The Morgan fingerprint density at radius 2 is 1.57 bits per heavy atom. The molecular weight excluding hydrogens is 296 g/mol. The summed E-state index contributed by atoms with van der Waals surface area (Å²) in [4.78, 5) is 0. The van der Waals surface area contributed by atoms with Gasteiger partial charge < -0.3 is 4.43 Å². The van der Waals surface area contributed by atoms with Crippen LogP contribution in [0.1, 0.15) is 58.3 Å². The molecule has 0 saturated heterocycles. The maximum absolute atomic E-state index is 5.88. The van der Waals surface area contributed by atoms with Crippen LogP contribution in [0.25, 0.3) is 0 Å². The Hall–Kier alpha value is -1.12. The highest BCUT2D eigenvalue weighted by Crippen LogP contribution is 2.27. The van der Waals surface area contributed by atoms with E-state index in [0.717, 1.165) is 28.7 Å². The van der Waals surface area contributed by atoms with Gasteiger partial charge in [0.25, 0.3) is 0 Å². The van der Waals surface area contributed by atoms with Crippen LogP contribution in [-0.4, -0.2) is 15.9 Å². The molecular formula is C21H34OSi. The van der Waals surface area contributed by atoms with Crippen LogP contribution in [-0.2, 0) is 4.43 Å². The van der Waals surface area contributed by atoms with E-state index in [1.165, 1.54) is 44.9 Å². The van der Waals surface area contributed by atoms with Crippen molar-refractivity contribution in [2.45, 2.75) is 70.9 Å². The van der Waals surface area contributed by atoms with Crippen LogP contribution in [0, 0.1) is 0 Å². The molecule has 0 aromatic rings. The molecule has 0 aliphatic heterocycles. The van der Waals surface area contributed by atoms with Crippen molar-refractivity contribution in [2.75, 3.05) is 0 Å². The first kappa shape index (κ1) is 21.9. The number of unbranched alkanes of at least 4 members (excludes halogenated alkanes) is 6. The van der Waals surface area contributed by atoms with E-state index in [2.05, 4.69) is 39.8 Å². The zero-order valence-corrected chi connectivity index (χ0v) is 16.3. The Kier molecular flexibility index (Phi) is 12.7. The molecule has 1 nitrogen and oxygen atoms in total. The Balaban J connectivity index is 4.35. The van der Waals surface area contributed by atoms with E-state index in [1.54, 1.807) is 6.08 Å². The molecule has 1 atom stereocenters. The minimum atomic E-state index is -0.150. The first-order valence-corrected chi connectivity index (χ1v) is 10.1. The molecule has 0 amide bonds. The van der Waals surface area contributed by atoms with Crippen LogP contribution in [0.3, 0.4) is 0 Å². The summed E-state index contributed by atoms with van der Waals surface area (Å²) in [5, 5.41) is 0. The Morgan fingerprint density at radius 1 is 1.00 bits per heavy atom. The molecule has 0 bridgehead atoms. The van der Waals surface area contributed by atoms with E-state index in [-0.39, 0.29) is 6.10 Å². The molecule has 0 aliphatic carbocycles. The topological polar surface area (TPSA) is 9.23 Å². The van der Waals surface area contributed by atoms with Gasteiger partial charge in [-0.25, -0.2) is 0 Å². The summed E-state index contributed by atoms with van der Waals surface area (Å²) in [6.45, 7) is 24.4. The van der Waals surface area contributed by atoms with E-state index >= 15 is 0 Å². The van der Waals surface area contributed by atoms with Gasteiger partial charge in [0.2, 0.25) is 9.76 Å². The molecule has 0 rings (SSSR count). The molecule has 0 aromatic carbocycles. The standard InChI is InChI=1S/C21H34OSi/c1-8-10-11-12-13-14-15-16-18(4)21(22-23-7)20(6)19(5)17(3)9-2/h9,21H,2-6,8,10-16H2,1,7H3. The lowest BCUT2D eigenvalue weighted by Gasteiger charge is -2.24. The van der Waals surface area contributed by atoms with Crippen molar-refractivity contribution in [3.63, 3.8) is 0 Å². The fourth-order valence-electron chi connectivity index (χ4n) is 2.45. The Labute approximate surface area is 146 Å². The van der Waals surface area contributed by atoms with Gasteiger partial charge in [0, 0.05) is 0 Å². The predicted octanol–water partition coefficient (Wildman–Crippen LogP) is 6.59. The van der Waals surface area contributed by atoms with Gasteiger partial charge in [-0.3, -0.25) is 0 Å². The van der Waals surface area contributed by atoms with Gasteiger partial charge >= 0.3 is 0 Å². The van der Waals surface area contributed by atoms with E-state index in [4.69, 9.17) is 4.43 Å². The zero-order chi connectivity index (χ0) is 17.7. The van der Waals surface area contributed by atoms with E-state index < -0.39 is 0 Å². The maximum atomic E-state index is 5.88. The smallest absolute Gasteiger partial charge is 0.227 e. The highest BCUT2D eigenvalue weighted by molar-refractivity contribution is 6.25. The van der Waals surface area contributed by atoms with Crippen LogP contribution < -0.4 is 0 Å². The molecule has 23 heavy (non-hydrogen) atoms. The van der Waals surface area contributed by atoms with Crippen molar-refractivity contribution >= 4 is 9.76 Å². The van der Waals surface area contributed by atoms with Gasteiger partial charge in [-0.2, -0.15) is 0 Å². The van der Waals surface area contributed by atoms with Crippen molar-refractivity contribution in [1.29, 1.82) is 0 Å². The summed E-state index contributed by atoms with van der Waals surface area (Å²) in [5.41, 5.74) is 3.56. The second-order valence-electron chi connectivity index (χ2n) is 5.96. The van der Waals surface area contributed by atoms with Crippen LogP contribution in [0.4, 0.5) is 0 Å². The molecule has 2 heteroatoms. The molecule has 0 N–H and O–H groups in total. The van der Waals surface area contributed by atoms with Crippen molar-refractivity contribution < 1.29 is 4.43 Å². The molecule has 1 unspecified atom stereocenters. The van der Waals surface area contributed by atoms with Crippen molar-refractivity contribution in [2.24, 2.45) is 0 Å². The third kappa shape index (κ3) is 8.92. The molecule has 2 radical (unpaired) electrons. The van der Waals surface area contributed by atoms with Gasteiger partial charge in [-0.05, 0) is 41.7 Å². The average Bonchev–Trinajstić information content (AvgIpc) is 2.56. The lowest BCUT2D eigenvalue weighted by Crippen LogP contribution is -2.20. The van der Waals surface area contributed by atoms with Crippen LogP contribution >= 0.6 is 0 Å². The first-order valence-electron chi connectivity index (χ1n) is 8.69. The quantitative estimate of drug-likeness (QED) is 0.142. The SMILES string of the molecule is C=CC(=C)C(=C)C(=C)C(O[Si]C)C(=C)CCCCCCCCC. The Morgan fingerprint density at radius 3 is 2.09 bits per heavy atom. The van der Waals surface area contributed by atoms with Gasteiger partial charge in [0.1, 0.15) is 0 Å². The molecule has 0 spiro atoms. The van der Waals surface area contributed by atoms with Crippen molar-refractivity contribution in [3.05, 3.63) is 61.3 Å². The second-order valence-corrected chi connectivity index (χ2v) is 6.61. The number of hydrogen-bond donors (Lipinski definition) is 0. The van der Waals surface area contributed by atoms with Crippen LogP contribution in [0.5, 0.6) is 0 Å². The van der Waals surface area contributed by atoms with Crippen molar-refractivity contribution in [1.82, 2.24) is 0 Å². The van der Waals surface area contributed by atoms with E-state index in [9.17, 15) is 0 Å². The van der Waals surface area contributed by atoms with E-state index in [1.807, 2.05) is 6.55 Å². The normalized spacial score (nSPS) is 11.7. The molecule has 0 fully saturated rings. The third-order valence-corrected chi connectivity index (χ3v) is 4.52. The first-order chi connectivity index (χ1) is 11.0. The van der Waals surface area contributed by atoms with Crippen LogP contribution in [0.15, 0.2) is 61.3 Å². The number of hydrogen-bond acceptors (Lipinski definition) is 1. The van der Waals surface area contributed by atoms with Gasteiger partial charge in [-0.15, -0.1) is 0 Å². The molecule has 128 valence electrons. The van der Waals surface area contributed by atoms with Gasteiger partial charge in [0.05, 0.1) is 6.10 Å². The third-order valence-electron chi connectivity index (χ3n) is 4.05. The largest absolute Gasteiger partial charge is 0.407 e. The molecule has 0 heterocycles. The Bertz CT molecular complexity index is 420. The summed E-state index contributed by atoms with van der Waals surface area (Å²) in [6.07, 6.45) is 11.6. The zero-order valence-electron chi connectivity index (χ0n) is 15.3. The van der Waals surface area contributed by atoms with Gasteiger partial charge in [0.15, 0.2) is 0 Å².